The number of rotatable bonds is 6. The minimum atomic E-state index is -1.23. The van der Waals surface area contributed by atoms with E-state index in [1.165, 1.54) is 38.5 Å². The summed E-state index contributed by atoms with van der Waals surface area (Å²) in [6.45, 7) is 0.265. The summed E-state index contributed by atoms with van der Waals surface area (Å²) < 4.78 is 0. The van der Waals surface area contributed by atoms with Gasteiger partial charge in [0.1, 0.15) is 0 Å². The molecule has 5 rings (SSSR count). The smallest absolute Gasteiger partial charge is 0.266 e. The molecule has 0 radical (unpaired) electrons. The number of nitrogens with zero attached hydrogens (tertiary/aromatic N) is 2. The van der Waals surface area contributed by atoms with Crippen molar-refractivity contribution in [2.24, 2.45) is 16.6 Å². The normalized spacial score (nSPS) is 18.8. The highest BCUT2D eigenvalue weighted by Crippen LogP contribution is 2.40. The molecular weight excluding hydrogens is 482 g/mol. The van der Waals surface area contributed by atoms with Crippen molar-refractivity contribution >= 4 is 17.6 Å². The maximum Gasteiger partial charge on any atom is 0.266 e. The fraction of sp³-hybridized carbons (Fsp3) is 0.382. The topological polar surface area (TPSA) is 75.8 Å². The number of carbonyl (C=O) groups is 2. The van der Waals surface area contributed by atoms with Crippen molar-refractivity contribution in [2.75, 3.05) is 0 Å². The highest BCUT2D eigenvalue weighted by atomic mass is 16.2. The highest BCUT2D eigenvalue weighted by molar-refractivity contribution is 6.09. The third kappa shape index (κ3) is 5.83. The monoisotopic (exact) mass is 521 g/mol. The van der Waals surface area contributed by atoms with E-state index in [4.69, 9.17) is 10.7 Å². The molecule has 1 amide bonds. The molecule has 0 unspecified atom stereocenters. The molecule has 5 heteroatoms. The second-order valence-electron chi connectivity index (χ2n) is 11.0. The van der Waals surface area contributed by atoms with E-state index in [0.29, 0.717) is 0 Å². The molecule has 5 nitrogen and oxygen atoms in total. The van der Waals surface area contributed by atoms with E-state index in [2.05, 4.69) is 0 Å². The number of hydrogen-bond acceptors (Lipinski definition) is 4. The Bertz CT molecular complexity index is 1250. The van der Waals surface area contributed by atoms with Crippen LogP contribution in [0.1, 0.15) is 91.3 Å². The maximum atomic E-state index is 14.1. The average molecular weight is 522 g/mol. The van der Waals surface area contributed by atoms with Crippen LogP contribution < -0.4 is 5.73 Å². The standard InChI is InChI=1S/C34H39N3O2/c35-33-36-34(29-20-11-7-12-21-29,30-22-13-8-14-23-30)32(39)37(33)25-26-16-15-19-28(24-26)31(38)27-17-9-5-3-1-2-4-6-10-18-27/h7-8,11-16,19-24,27H,1-6,9-10,17-18,25H2,(H2,35,36). The molecule has 1 fully saturated rings. The molecule has 0 saturated heterocycles. The largest absolute Gasteiger partial charge is 0.369 e. The number of carbonyl (C=O) groups excluding carboxylic acids is 2. The SMILES string of the molecule is NC1=NC(c2ccccc2)(c2ccccc2)C(=O)N1Cc1cccc(C(=O)C2CCCCCCCCCC2)c1. The van der Waals surface area contributed by atoms with Crippen molar-refractivity contribution < 1.29 is 9.59 Å². The van der Waals surface area contributed by atoms with Gasteiger partial charge >= 0.3 is 0 Å². The molecule has 0 spiro atoms. The molecule has 202 valence electrons. The van der Waals surface area contributed by atoms with Crippen LogP contribution in [0.15, 0.2) is 89.9 Å². The van der Waals surface area contributed by atoms with Gasteiger partial charge < -0.3 is 5.73 Å². The summed E-state index contributed by atoms with van der Waals surface area (Å²) in [5.74, 6) is 0.306. The number of nitrogens with two attached hydrogens (primary N) is 1. The van der Waals surface area contributed by atoms with Crippen molar-refractivity contribution in [3.8, 4) is 0 Å². The van der Waals surface area contributed by atoms with Gasteiger partial charge in [0.05, 0.1) is 6.54 Å². The molecule has 2 aliphatic rings. The number of aliphatic imine (C=N–C) groups is 1. The predicted molar refractivity (Wildman–Crippen MR) is 156 cm³/mol. The Morgan fingerprint density at radius 3 is 1.87 bits per heavy atom. The van der Waals surface area contributed by atoms with E-state index in [1.807, 2.05) is 84.9 Å². The Kier molecular flexibility index (Phi) is 8.55. The predicted octanol–water partition coefficient (Wildman–Crippen LogP) is 7.00. The van der Waals surface area contributed by atoms with Gasteiger partial charge in [0.15, 0.2) is 17.3 Å². The third-order valence-corrected chi connectivity index (χ3v) is 8.27. The van der Waals surface area contributed by atoms with Crippen molar-refractivity contribution in [2.45, 2.75) is 76.3 Å². The van der Waals surface area contributed by atoms with Crippen LogP contribution in [0.5, 0.6) is 0 Å². The number of benzene rings is 3. The first-order valence-electron chi connectivity index (χ1n) is 14.5. The van der Waals surface area contributed by atoms with Crippen molar-refractivity contribution in [3.63, 3.8) is 0 Å². The van der Waals surface area contributed by atoms with E-state index in [-0.39, 0.29) is 30.1 Å². The Labute approximate surface area is 232 Å². The molecule has 0 aromatic heterocycles. The van der Waals surface area contributed by atoms with E-state index >= 15 is 0 Å². The zero-order valence-corrected chi connectivity index (χ0v) is 22.7. The maximum absolute atomic E-state index is 14.1. The van der Waals surface area contributed by atoms with Gasteiger partial charge in [0.25, 0.3) is 5.91 Å². The van der Waals surface area contributed by atoms with Crippen LogP contribution in [-0.2, 0) is 16.9 Å². The fourth-order valence-electron chi connectivity index (χ4n) is 6.12. The summed E-state index contributed by atoms with van der Waals surface area (Å²) in [4.78, 5) is 34.1. The van der Waals surface area contributed by atoms with Gasteiger partial charge in [-0.1, -0.05) is 130 Å². The Hall–Kier alpha value is -3.73. The molecule has 1 aliphatic heterocycles. The lowest BCUT2D eigenvalue weighted by Gasteiger charge is -2.27. The molecule has 0 atom stereocenters. The fourth-order valence-corrected chi connectivity index (χ4v) is 6.12. The van der Waals surface area contributed by atoms with Crippen LogP contribution in [-0.4, -0.2) is 22.5 Å². The minimum absolute atomic E-state index is 0.0715. The quantitative estimate of drug-likeness (QED) is 0.355. The number of hydrogen-bond donors (Lipinski definition) is 1. The lowest BCUT2D eigenvalue weighted by atomic mass is 9.83. The van der Waals surface area contributed by atoms with Crippen LogP contribution in [0, 0.1) is 5.92 Å². The second kappa shape index (κ2) is 12.4. The van der Waals surface area contributed by atoms with Crippen LogP contribution in [0.4, 0.5) is 0 Å². The van der Waals surface area contributed by atoms with Gasteiger partial charge in [-0.05, 0) is 35.6 Å². The Balaban J connectivity index is 1.38. The number of guanidine groups is 1. The lowest BCUT2D eigenvalue weighted by Crippen LogP contribution is -2.43. The van der Waals surface area contributed by atoms with Gasteiger partial charge in [0, 0.05) is 11.5 Å². The van der Waals surface area contributed by atoms with Crippen molar-refractivity contribution in [3.05, 3.63) is 107 Å². The van der Waals surface area contributed by atoms with Crippen LogP contribution in [0.25, 0.3) is 0 Å². The molecule has 3 aromatic rings. The Morgan fingerprint density at radius 2 is 1.31 bits per heavy atom. The van der Waals surface area contributed by atoms with Crippen molar-refractivity contribution in [1.82, 2.24) is 4.90 Å². The lowest BCUT2D eigenvalue weighted by molar-refractivity contribution is -0.130. The van der Waals surface area contributed by atoms with E-state index < -0.39 is 5.54 Å². The molecule has 0 bridgehead atoms. The summed E-state index contributed by atoms with van der Waals surface area (Å²) in [7, 11) is 0. The van der Waals surface area contributed by atoms with Crippen LogP contribution in [0.3, 0.4) is 0 Å². The molecule has 1 saturated carbocycles. The van der Waals surface area contributed by atoms with Gasteiger partial charge in [-0.2, -0.15) is 0 Å². The molecular formula is C34H39N3O2. The number of amides is 1. The summed E-state index contributed by atoms with van der Waals surface area (Å²) in [5.41, 5.74) is 8.38. The van der Waals surface area contributed by atoms with Gasteiger partial charge in [-0.25, -0.2) is 4.99 Å². The average Bonchev–Trinajstić information content (AvgIpc) is 3.19. The zero-order chi connectivity index (χ0) is 27.1. The minimum Gasteiger partial charge on any atom is -0.369 e. The first-order chi connectivity index (χ1) is 19.1. The number of Topliss-reactive ketones (excluding diaryl/α,β-unsaturated/α-hetero) is 1. The molecule has 1 heterocycles. The van der Waals surface area contributed by atoms with Crippen LogP contribution >= 0.6 is 0 Å². The first-order valence-corrected chi connectivity index (χ1v) is 14.5. The number of ketones is 1. The molecule has 39 heavy (non-hydrogen) atoms. The van der Waals surface area contributed by atoms with E-state index in [9.17, 15) is 9.59 Å². The third-order valence-electron chi connectivity index (χ3n) is 8.27. The van der Waals surface area contributed by atoms with E-state index in [1.54, 1.807) is 4.90 Å². The van der Waals surface area contributed by atoms with Gasteiger partial charge in [0.2, 0.25) is 0 Å². The second-order valence-corrected chi connectivity index (χ2v) is 11.0. The summed E-state index contributed by atoms with van der Waals surface area (Å²) >= 11 is 0. The Morgan fingerprint density at radius 1 is 0.769 bits per heavy atom. The summed E-state index contributed by atoms with van der Waals surface area (Å²) in [6, 6.07) is 26.9. The van der Waals surface area contributed by atoms with Crippen molar-refractivity contribution in [1.29, 1.82) is 0 Å². The van der Waals surface area contributed by atoms with Gasteiger partial charge in [-0.15, -0.1) is 0 Å². The highest BCUT2D eigenvalue weighted by Gasteiger charge is 2.50. The first kappa shape index (κ1) is 26.9. The molecule has 2 N–H and O–H groups in total. The van der Waals surface area contributed by atoms with E-state index in [0.717, 1.165) is 47.9 Å². The molecule has 3 aromatic carbocycles. The summed E-state index contributed by atoms with van der Waals surface area (Å²) in [5, 5.41) is 0. The zero-order valence-electron chi connectivity index (χ0n) is 22.7. The molecule has 1 aliphatic carbocycles. The van der Waals surface area contributed by atoms with Gasteiger partial charge in [-0.3, -0.25) is 14.5 Å². The summed E-state index contributed by atoms with van der Waals surface area (Å²) in [6.07, 6.45) is 11.8. The van der Waals surface area contributed by atoms with Crippen LogP contribution in [0.2, 0.25) is 0 Å².